The lowest BCUT2D eigenvalue weighted by Gasteiger charge is -2.07. The molecule has 0 saturated carbocycles. The zero-order valence-corrected chi connectivity index (χ0v) is 11.7. The number of amides is 1. The Morgan fingerprint density at radius 1 is 1.26 bits per heavy atom. The molecule has 1 heterocycles. The number of hydrogen-bond acceptors (Lipinski definition) is 3. The van der Waals surface area contributed by atoms with E-state index in [4.69, 9.17) is 4.52 Å². The van der Waals surface area contributed by atoms with Crippen LogP contribution in [0.1, 0.15) is 47.1 Å². The second kappa shape index (κ2) is 5.26. The van der Waals surface area contributed by atoms with Gasteiger partial charge in [-0.2, -0.15) is 0 Å². The van der Waals surface area contributed by atoms with Gasteiger partial charge in [-0.1, -0.05) is 31.1 Å². The molecule has 0 atom stereocenters. The molecule has 0 radical (unpaired) electrons. The van der Waals surface area contributed by atoms with E-state index in [0.29, 0.717) is 11.5 Å². The van der Waals surface area contributed by atoms with E-state index >= 15 is 0 Å². The summed E-state index contributed by atoms with van der Waals surface area (Å²) < 4.78 is 5.13. The second-order valence-electron chi connectivity index (χ2n) is 5.04. The molecule has 0 aliphatic rings. The van der Waals surface area contributed by atoms with Crippen LogP contribution in [0.15, 0.2) is 28.8 Å². The third-order valence-corrected chi connectivity index (χ3v) is 2.97. The topological polar surface area (TPSA) is 55.1 Å². The average Bonchev–Trinajstić information content (AvgIpc) is 2.83. The van der Waals surface area contributed by atoms with Crippen LogP contribution in [0.4, 0.5) is 5.69 Å². The van der Waals surface area contributed by atoms with Crippen molar-refractivity contribution in [3.8, 4) is 0 Å². The summed E-state index contributed by atoms with van der Waals surface area (Å²) >= 11 is 0. The number of nitrogens with one attached hydrogen (secondary N) is 1. The first-order valence-corrected chi connectivity index (χ1v) is 6.32. The van der Waals surface area contributed by atoms with Crippen molar-refractivity contribution in [2.75, 3.05) is 5.32 Å². The van der Waals surface area contributed by atoms with E-state index < -0.39 is 0 Å². The van der Waals surface area contributed by atoms with Crippen LogP contribution >= 0.6 is 0 Å². The predicted octanol–water partition coefficient (Wildman–Crippen LogP) is 3.67. The predicted molar refractivity (Wildman–Crippen MR) is 74.5 cm³/mol. The van der Waals surface area contributed by atoms with Crippen molar-refractivity contribution in [1.82, 2.24) is 5.16 Å². The minimum Gasteiger partial charge on any atom is -0.360 e. The Bertz CT molecular complexity index is 600. The van der Waals surface area contributed by atoms with Gasteiger partial charge in [0.25, 0.3) is 5.91 Å². The molecule has 0 aliphatic carbocycles. The summed E-state index contributed by atoms with van der Waals surface area (Å²) in [5, 5.41) is 6.66. The number of carbonyl (C=O) groups is 1. The summed E-state index contributed by atoms with van der Waals surface area (Å²) in [5.41, 5.74) is 3.24. The van der Waals surface area contributed by atoms with E-state index in [2.05, 4.69) is 10.5 Å². The third kappa shape index (κ3) is 3.02. The maximum Gasteiger partial charge on any atom is 0.277 e. The molecule has 0 unspecified atom stereocenters. The molecule has 1 amide bonds. The van der Waals surface area contributed by atoms with Gasteiger partial charge in [-0.15, -0.1) is 0 Å². The quantitative estimate of drug-likeness (QED) is 0.913. The van der Waals surface area contributed by atoms with Gasteiger partial charge in [-0.3, -0.25) is 4.79 Å². The van der Waals surface area contributed by atoms with Gasteiger partial charge in [0.15, 0.2) is 5.69 Å². The number of aryl methyl sites for hydroxylation is 2. The summed E-state index contributed by atoms with van der Waals surface area (Å²) in [6.45, 7) is 7.93. The van der Waals surface area contributed by atoms with E-state index in [9.17, 15) is 4.79 Å². The van der Waals surface area contributed by atoms with Crippen molar-refractivity contribution in [3.63, 3.8) is 0 Å². The highest BCUT2D eigenvalue weighted by Gasteiger charge is 2.15. The number of benzene rings is 1. The van der Waals surface area contributed by atoms with Crippen molar-refractivity contribution < 1.29 is 9.32 Å². The maximum atomic E-state index is 12.1. The molecular formula is C15H18N2O2. The van der Waals surface area contributed by atoms with Crippen molar-refractivity contribution in [1.29, 1.82) is 0 Å². The zero-order valence-electron chi connectivity index (χ0n) is 11.7. The largest absolute Gasteiger partial charge is 0.360 e. The maximum absolute atomic E-state index is 12.1. The van der Waals surface area contributed by atoms with Gasteiger partial charge in [-0.25, -0.2) is 0 Å². The van der Waals surface area contributed by atoms with Crippen LogP contribution in [-0.4, -0.2) is 11.1 Å². The SMILES string of the molecule is Cc1ccc(C)c(NC(=O)c2cc(C(C)C)on2)c1. The summed E-state index contributed by atoms with van der Waals surface area (Å²) in [6.07, 6.45) is 0. The lowest BCUT2D eigenvalue weighted by atomic mass is 10.1. The van der Waals surface area contributed by atoms with Crippen LogP contribution in [-0.2, 0) is 0 Å². The number of rotatable bonds is 3. The lowest BCUT2D eigenvalue weighted by molar-refractivity contribution is 0.101. The van der Waals surface area contributed by atoms with Gasteiger partial charge in [0.1, 0.15) is 5.76 Å². The van der Waals surface area contributed by atoms with Crippen LogP contribution in [0.25, 0.3) is 0 Å². The van der Waals surface area contributed by atoms with E-state index in [1.165, 1.54) is 0 Å². The molecule has 2 rings (SSSR count). The Labute approximate surface area is 112 Å². The minimum atomic E-state index is -0.246. The number of nitrogens with zero attached hydrogens (tertiary/aromatic N) is 1. The summed E-state index contributed by atoms with van der Waals surface area (Å²) in [5.74, 6) is 0.685. The molecule has 19 heavy (non-hydrogen) atoms. The number of aromatic nitrogens is 1. The minimum absolute atomic E-state index is 0.217. The molecule has 1 aromatic heterocycles. The fourth-order valence-corrected chi connectivity index (χ4v) is 1.73. The number of carbonyl (C=O) groups excluding carboxylic acids is 1. The van der Waals surface area contributed by atoms with Gasteiger partial charge in [0, 0.05) is 17.7 Å². The summed E-state index contributed by atoms with van der Waals surface area (Å²) in [7, 11) is 0. The first kappa shape index (κ1) is 13.3. The monoisotopic (exact) mass is 258 g/mol. The standard InChI is InChI=1S/C15H18N2O2/c1-9(2)14-8-13(17-19-14)15(18)16-12-7-10(3)5-6-11(12)4/h5-9H,1-4H3,(H,16,18). The Hall–Kier alpha value is -2.10. The fourth-order valence-electron chi connectivity index (χ4n) is 1.73. The van der Waals surface area contributed by atoms with E-state index in [1.807, 2.05) is 45.9 Å². The molecule has 0 fully saturated rings. The van der Waals surface area contributed by atoms with Gasteiger partial charge < -0.3 is 9.84 Å². The smallest absolute Gasteiger partial charge is 0.277 e. The van der Waals surface area contributed by atoms with E-state index in [-0.39, 0.29) is 11.8 Å². The van der Waals surface area contributed by atoms with Gasteiger partial charge in [0.2, 0.25) is 0 Å². The molecule has 0 spiro atoms. The van der Waals surface area contributed by atoms with Crippen molar-refractivity contribution >= 4 is 11.6 Å². The molecule has 0 saturated heterocycles. The Balaban J connectivity index is 2.18. The second-order valence-corrected chi connectivity index (χ2v) is 5.04. The molecule has 4 nitrogen and oxygen atoms in total. The molecule has 0 aliphatic heterocycles. The lowest BCUT2D eigenvalue weighted by Crippen LogP contribution is -2.13. The average molecular weight is 258 g/mol. The number of anilines is 1. The van der Waals surface area contributed by atoms with Gasteiger partial charge in [0.05, 0.1) is 0 Å². The highest BCUT2D eigenvalue weighted by molar-refractivity contribution is 6.03. The Kier molecular flexibility index (Phi) is 3.69. The third-order valence-electron chi connectivity index (χ3n) is 2.97. The van der Waals surface area contributed by atoms with Gasteiger partial charge in [-0.05, 0) is 31.0 Å². The first-order chi connectivity index (χ1) is 8.97. The first-order valence-electron chi connectivity index (χ1n) is 6.32. The summed E-state index contributed by atoms with van der Waals surface area (Å²) in [4.78, 5) is 12.1. The van der Waals surface area contributed by atoms with Gasteiger partial charge >= 0.3 is 0 Å². The van der Waals surface area contributed by atoms with Crippen LogP contribution in [0.2, 0.25) is 0 Å². The molecule has 2 aromatic rings. The highest BCUT2D eigenvalue weighted by Crippen LogP contribution is 2.19. The van der Waals surface area contributed by atoms with Crippen molar-refractivity contribution in [3.05, 3.63) is 46.8 Å². The molecule has 0 bridgehead atoms. The van der Waals surface area contributed by atoms with Crippen LogP contribution in [0, 0.1) is 13.8 Å². The van der Waals surface area contributed by atoms with Crippen LogP contribution in [0.5, 0.6) is 0 Å². The van der Waals surface area contributed by atoms with E-state index in [0.717, 1.165) is 16.8 Å². The normalized spacial score (nSPS) is 10.8. The van der Waals surface area contributed by atoms with Crippen molar-refractivity contribution in [2.24, 2.45) is 0 Å². The Morgan fingerprint density at radius 2 is 2.00 bits per heavy atom. The molecular weight excluding hydrogens is 240 g/mol. The molecule has 4 heteroatoms. The fraction of sp³-hybridized carbons (Fsp3) is 0.333. The van der Waals surface area contributed by atoms with Crippen LogP contribution in [0.3, 0.4) is 0 Å². The Morgan fingerprint density at radius 3 is 2.63 bits per heavy atom. The number of hydrogen-bond donors (Lipinski definition) is 1. The molecule has 100 valence electrons. The summed E-state index contributed by atoms with van der Waals surface area (Å²) in [6, 6.07) is 7.62. The molecule has 1 aromatic carbocycles. The van der Waals surface area contributed by atoms with E-state index in [1.54, 1.807) is 6.07 Å². The van der Waals surface area contributed by atoms with Crippen LogP contribution < -0.4 is 5.32 Å². The molecule has 1 N–H and O–H groups in total. The highest BCUT2D eigenvalue weighted by atomic mass is 16.5. The van der Waals surface area contributed by atoms with Crippen molar-refractivity contribution in [2.45, 2.75) is 33.6 Å². The zero-order chi connectivity index (χ0) is 14.0.